The number of rotatable bonds is 49. The first-order valence-corrected chi connectivity index (χ1v) is 29.0. The van der Waals surface area contributed by atoms with Gasteiger partial charge in [-0.05, 0) is 77.0 Å². The predicted octanol–water partition coefficient (Wildman–Crippen LogP) is 15.1. The molecule has 2 N–H and O–H groups in total. The van der Waals surface area contributed by atoms with E-state index in [4.69, 9.17) is 18.9 Å². The van der Waals surface area contributed by atoms with Gasteiger partial charge in [0, 0.05) is 25.7 Å². The van der Waals surface area contributed by atoms with Gasteiger partial charge in [-0.1, -0.05) is 182 Å². The highest BCUT2D eigenvalue weighted by atomic mass is 31.2. The standard InChI is InChI=1S/C53H101O11P/c1-5-9-13-17-21-29-37-47(38-30-22-18-14-10-6-2)62-51(55)42-34-26-25-33-41-50(54)61-45-49(46-65(58,59)60)64-53(57)44-36-28-27-35-43-52(56)63-48(39-31-23-19-15-11-7-3)40-32-24-20-16-12-8-4/h47-49H,5-46H2,1-4H3,(H2,58,59,60). The highest BCUT2D eigenvalue weighted by Gasteiger charge is 2.26. The van der Waals surface area contributed by atoms with Crippen LogP contribution >= 0.6 is 7.60 Å². The summed E-state index contributed by atoms with van der Waals surface area (Å²) < 4.78 is 34.3. The van der Waals surface area contributed by atoms with E-state index >= 15 is 0 Å². The lowest BCUT2D eigenvalue weighted by molar-refractivity contribution is -0.158. The fourth-order valence-corrected chi connectivity index (χ4v) is 9.01. The van der Waals surface area contributed by atoms with Crippen molar-refractivity contribution in [3.63, 3.8) is 0 Å². The molecule has 0 spiro atoms. The zero-order valence-electron chi connectivity index (χ0n) is 42.4. The second-order valence-corrected chi connectivity index (χ2v) is 20.6. The smallest absolute Gasteiger partial charge is 0.329 e. The summed E-state index contributed by atoms with van der Waals surface area (Å²) in [5, 5.41) is 0. The Balaban J connectivity index is 4.50. The molecule has 0 aromatic rings. The molecular formula is C53H101O11P. The highest BCUT2D eigenvalue weighted by molar-refractivity contribution is 7.51. The van der Waals surface area contributed by atoms with Crippen molar-refractivity contribution in [1.82, 2.24) is 0 Å². The van der Waals surface area contributed by atoms with Gasteiger partial charge < -0.3 is 28.7 Å². The van der Waals surface area contributed by atoms with E-state index in [9.17, 15) is 33.5 Å². The van der Waals surface area contributed by atoms with Crippen LogP contribution in [0, 0.1) is 0 Å². The zero-order valence-corrected chi connectivity index (χ0v) is 43.3. The van der Waals surface area contributed by atoms with Crippen LogP contribution in [0.5, 0.6) is 0 Å². The second kappa shape index (κ2) is 45.8. The SMILES string of the molecule is CCCCCCCCC(CCCCCCCC)OC(=O)CCCCCCC(=O)OCC(CP(=O)(O)O)OC(=O)CCCCCCC(=O)OC(CCCCCCCC)CCCCCCCC. The van der Waals surface area contributed by atoms with E-state index in [1.54, 1.807) is 0 Å². The molecule has 1 atom stereocenters. The molecule has 0 rings (SSSR count). The maximum Gasteiger partial charge on any atom is 0.329 e. The van der Waals surface area contributed by atoms with Crippen LogP contribution in [-0.2, 0) is 42.7 Å². The number of ether oxygens (including phenoxy) is 4. The monoisotopic (exact) mass is 945 g/mol. The highest BCUT2D eigenvalue weighted by Crippen LogP contribution is 2.36. The minimum atomic E-state index is -4.55. The molecule has 0 saturated carbocycles. The molecule has 0 amide bonds. The largest absolute Gasteiger partial charge is 0.462 e. The van der Waals surface area contributed by atoms with Crippen molar-refractivity contribution in [2.75, 3.05) is 12.8 Å². The molecule has 0 fully saturated rings. The van der Waals surface area contributed by atoms with Crippen LogP contribution in [0.3, 0.4) is 0 Å². The topological polar surface area (TPSA) is 163 Å². The number of esters is 4. The lowest BCUT2D eigenvalue weighted by Gasteiger charge is -2.19. The summed E-state index contributed by atoms with van der Waals surface area (Å²) in [6.07, 6.45) is 37.1. The first-order valence-electron chi connectivity index (χ1n) is 27.2. The van der Waals surface area contributed by atoms with Gasteiger partial charge >= 0.3 is 31.5 Å². The van der Waals surface area contributed by atoms with Crippen molar-refractivity contribution in [2.24, 2.45) is 0 Å². The Morgan fingerprint density at radius 2 is 0.600 bits per heavy atom. The van der Waals surface area contributed by atoms with Gasteiger partial charge in [-0.15, -0.1) is 0 Å². The Kier molecular flexibility index (Phi) is 44.4. The van der Waals surface area contributed by atoms with E-state index in [1.807, 2.05) is 0 Å². The van der Waals surface area contributed by atoms with Crippen LogP contribution in [0.2, 0.25) is 0 Å². The molecule has 0 aliphatic rings. The number of carbonyl (C=O) groups is 4. The number of hydrogen-bond acceptors (Lipinski definition) is 9. The molecule has 1 unspecified atom stereocenters. The lowest BCUT2D eigenvalue weighted by atomic mass is 10.0. The van der Waals surface area contributed by atoms with Gasteiger partial charge in [0.15, 0.2) is 0 Å². The third kappa shape index (κ3) is 45.6. The molecule has 0 heterocycles. The molecule has 0 aliphatic carbocycles. The van der Waals surface area contributed by atoms with Crippen molar-refractivity contribution in [1.29, 1.82) is 0 Å². The summed E-state index contributed by atoms with van der Waals surface area (Å²) in [6.45, 7) is 8.45. The molecule has 65 heavy (non-hydrogen) atoms. The molecular weight excluding hydrogens is 844 g/mol. The summed E-state index contributed by atoms with van der Waals surface area (Å²) in [4.78, 5) is 69.7. The van der Waals surface area contributed by atoms with E-state index in [2.05, 4.69) is 27.7 Å². The van der Waals surface area contributed by atoms with E-state index in [0.717, 1.165) is 70.6 Å². The van der Waals surface area contributed by atoms with Gasteiger partial charge in [0.2, 0.25) is 0 Å². The van der Waals surface area contributed by atoms with Crippen molar-refractivity contribution < 1.29 is 52.5 Å². The molecule has 0 aromatic heterocycles. The maximum atomic E-state index is 12.7. The molecule has 0 aliphatic heterocycles. The average molecular weight is 945 g/mol. The van der Waals surface area contributed by atoms with Crippen LogP contribution in [0.15, 0.2) is 0 Å². The summed E-state index contributed by atoms with van der Waals surface area (Å²) in [6, 6.07) is 0. The Hall–Kier alpha value is -1.97. The predicted molar refractivity (Wildman–Crippen MR) is 265 cm³/mol. The summed E-state index contributed by atoms with van der Waals surface area (Å²) in [7, 11) is -4.55. The Morgan fingerprint density at radius 1 is 0.354 bits per heavy atom. The first kappa shape index (κ1) is 63.0. The Bertz CT molecular complexity index is 1140. The van der Waals surface area contributed by atoms with Gasteiger partial charge in [-0.2, -0.15) is 0 Å². The molecule has 0 bridgehead atoms. The number of hydrogen-bond donors (Lipinski definition) is 2. The van der Waals surface area contributed by atoms with E-state index in [1.165, 1.54) is 128 Å². The van der Waals surface area contributed by atoms with Crippen molar-refractivity contribution in [2.45, 2.75) is 303 Å². The van der Waals surface area contributed by atoms with Crippen molar-refractivity contribution in [3.8, 4) is 0 Å². The molecule has 0 saturated heterocycles. The van der Waals surface area contributed by atoms with Crippen LogP contribution in [0.4, 0.5) is 0 Å². The zero-order chi connectivity index (χ0) is 48.1. The van der Waals surface area contributed by atoms with Crippen LogP contribution in [0.1, 0.15) is 285 Å². The molecule has 0 aromatic carbocycles. The lowest BCUT2D eigenvalue weighted by Crippen LogP contribution is -2.28. The average Bonchev–Trinajstić information content (AvgIpc) is 3.26. The number of unbranched alkanes of at least 4 members (excludes halogenated alkanes) is 26. The summed E-state index contributed by atoms with van der Waals surface area (Å²) in [5.74, 6) is -1.44. The minimum Gasteiger partial charge on any atom is -0.462 e. The molecule has 11 nitrogen and oxygen atoms in total. The van der Waals surface area contributed by atoms with Gasteiger partial charge in [-0.3, -0.25) is 23.7 Å². The van der Waals surface area contributed by atoms with Gasteiger partial charge in [0.05, 0.1) is 6.16 Å². The fourth-order valence-electron chi connectivity index (χ4n) is 8.30. The van der Waals surface area contributed by atoms with Gasteiger partial charge in [-0.25, -0.2) is 0 Å². The van der Waals surface area contributed by atoms with Crippen molar-refractivity contribution in [3.05, 3.63) is 0 Å². The van der Waals surface area contributed by atoms with E-state index < -0.39 is 38.4 Å². The summed E-state index contributed by atoms with van der Waals surface area (Å²) in [5.41, 5.74) is 0. The van der Waals surface area contributed by atoms with Gasteiger partial charge in [0.1, 0.15) is 24.9 Å². The quantitative estimate of drug-likeness (QED) is 0.0258. The third-order valence-corrected chi connectivity index (χ3v) is 13.2. The van der Waals surface area contributed by atoms with E-state index in [-0.39, 0.29) is 37.0 Å². The van der Waals surface area contributed by atoms with Gasteiger partial charge in [0.25, 0.3) is 0 Å². The normalized spacial score (nSPS) is 12.2. The molecule has 12 heteroatoms. The van der Waals surface area contributed by atoms with Crippen molar-refractivity contribution >= 4 is 31.5 Å². The minimum absolute atomic E-state index is 0.00540. The van der Waals surface area contributed by atoms with Crippen LogP contribution < -0.4 is 0 Å². The number of carbonyl (C=O) groups excluding carboxylic acids is 4. The fraction of sp³-hybridized carbons (Fsp3) is 0.925. The van der Waals surface area contributed by atoms with Crippen LogP contribution in [0.25, 0.3) is 0 Å². The summed E-state index contributed by atoms with van der Waals surface area (Å²) >= 11 is 0. The second-order valence-electron chi connectivity index (χ2n) is 18.9. The Morgan fingerprint density at radius 3 is 0.892 bits per heavy atom. The first-order chi connectivity index (χ1) is 31.4. The molecule has 384 valence electrons. The van der Waals surface area contributed by atoms with E-state index in [0.29, 0.717) is 44.9 Å². The molecule has 0 radical (unpaired) electrons. The maximum absolute atomic E-state index is 12.7. The Labute approximate surface area is 398 Å². The third-order valence-electron chi connectivity index (χ3n) is 12.3. The van der Waals surface area contributed by atoms with Crippen LogP contribution in [-0.4, -0.2) is 64.7 Å².